The van der Waals surface area contributed by atoms with Crippen molar-refractivity contribution in [2.24, 2.45) is 11.7 Å². The Kier molecular flexibility index (Phi) is 4.65. The van der Waals surface area contributed by atoms with Gasteiger partial charge >= 0.3 is 0 Å². The van der Waals surface area contributed by atoms with Gasteiger partial charge in [-0.3, -0.25) is 0 Å². The van der Waals surface area contributed by atoms with Gasteiger partial charge in [0.25, 0.3) is 10.0 Å². The van der Waals surface area contributed by atoms with Gasteiger partial charge in [0, 0.05) is 25.3 Å². The molecule has 0 radical (unpaired) electrons. The van der Waals surface area contributed by atoms with Crippen LogP contribution < -0.4 is 5.73 Å². The fourth-order valence-electron chi connectivity index (χ4n) is 2.89. The van der Waals surface area contributed by atoms with Gasteiger partial charge in [-0.15, -0.1) is 0 Å². The van der Waals surface area contributed by atoms with Crippen molar-refractivity contribution in [3.8, 4) is 0 Å². The van der Waals surface area contributed by atoms with Gasteiger partial charge in [0.15, 0.2) is 5.82 Å². The van der Waals surface area contributed by atoms with Crippen LogP contribution in [0.25, 0.3) is 0 Å². The topological polar surface area (TPSA) is 76.3 Å². The third-order valence-electron chi connectivity index (χ3n) is 4.58. The minimum absolute atomic E-state index is 0.226. The van der Waals surface area contributed by atoms with E-state index in [1.807, 2.05) is 0 Å². The van der Waals surface area contributed by atoms with E-state index in [2.05, 4.69) is 11.9 Å². The highest BCUT2D eigenvalue weighted by atomic mass is 32.2. The molecule has 0 saturated heterocycles. The van der Waals surface area contributed by atoms with Crippen molar-refractivity contribution in [2.75, 3.05) is 13.6 Å². The highest BCUT2D eigenvalue weighted by molar-refractivity contribution is 7.89. The summed E-state index contributed by atoms with van der Waals surface area (Å²) in [5.41, 5.74) is 5.23. The first-order valence-electron chi connectivity index (χ1n) is 7.13. The van der Waals surface area contributed by atoms with Crippen molar-refractivity contribution in [2.45, 2.75) is 43.2 Å². The summed E-state index contributed by atoms with van der Waals surface area (Å²) >= 11 is 0. The van der Waals surface area contributed by atoms with Crippen molar-refractivity contribution in [1.29, 1.82) is 0 Å². The molecule has 0 unspecified atom stereocenters. The van der Waals surface area contributed by atoms with E-state index in [0.717, 1.165) is 18.9 Å². The second-order valence-electron chi connectivity index (χ2n) is 5.87. The van der Waals surface area contributed by atoms with E-state index < -0.39 is 26.4 Å². The lowest BCUT2D eigenvalue weighted by molar-refractivity contribution is 0.135. The van der Waals surface area contributed by atoms with Crippen LogP contribution in [0.3, 0.4) is 0 Å². The number of sulfonamides is 1. The molecule has 1 aliphatic rings. The number of hydrogen-bond donors (Lipinski definition) is 1. The molecule has 7 heteroatoms. The first kappa shape index (κ1) is 16.3. The predicted molar refractivity (Wildman–Crippen MR) is 78.6 cm³/mol. The SMILES string of the molecule is CC1CCC(CN)(N(C)S(=O)(=O)c2ncccc2F)CC1. The van der Waals surface area contributed by atoms with Crippen molar-refractivity contribution in [3.05, 3.63) is 24.1 Å². The van der Waals surface area contributed by atoms with Crippen LogP contribution in [0.2, 0.25) is 0 Å². The van der Waals surface area contributed by atoms with Gasteiger partial charge in [-0.05, 0) is 43.7 Å². The fraction of sp³-hybridized carbons (Fsp3) is 0.643. The Morgan fingerprint density at radius 3 is 2.62 bits per heavy atom. The van der Waals surface area contributed by atoms with Crippen molar-refractivity contribution < 1.29 is 12.8 Å². The molecule has 0 aliphatic heterocycles. The number of nitrogens with zero attached hydrogens (tertiary/aromatic N) is 2. The van der Waals surface area contributed by atoms with Crippen molar-refractivity contribution >= 4 is 10.0 Å². The maximum Gasteiger partial charge on any atom is 0.263 e. The van der Waals surface area contributed by atoms with E-state index in [-0.39, 0.29) is 6.54 Å². The Hall–Kier alpha value is -1.05. The lowest BCUT2D eigenvalue weighted by atomic mass is 9.77. The van der Waals surface area contributed by atoms with Gasteiger partial charge in [0.2, 0.25) is 5.03 Å². The first-order valence-corrected chi connectivity index (χ1v) is 8.57. The zero-order valence-electron chi connectivity index (χ0n) is 12.4. The number of hydrogen-bond acceptors (Lipinski definition) is 4. The molecule has 1 aliphatic carbocycles. The van der Waals surface area contributed by atoms with E-state index in [0.29, 0.717) is 18.8 Å². The molecule has 1 saturated carbocycles. The predicted octanol–water partition coefficient (Wildman–Crippen LogP) is 1.75. The zero-order valence-corrected chi connectivity index (χ0v) is 13.2. The Bertz CT molecular complexity index is 598. The number of halogens is 1. The van der Waals surface area contributed by atoms with Crippen LogP contribution in [0.4, 0.5) is 4.39 Å². The average molecular weight is 315 g/mol. The first-order chi connectivity index (χ1) is 9.83. The average Bonchev–Trinajstić information content (AvgIpc) is 2.48. The van der Waals surface area contributed by atoms with Crippen molar-refractivity contribution in [3.63, 3.8) is 0 Å². The number of nitrogens with two attached hydrogens (primary N) is 1. The van der Waals surface area contributed by atoms with E-state index in [1.54, 1.807) is 0 Å². The number of pyridine rings is 1. The monoisotopic (exact) mass is 315 g/mol. The summed E-state index contributed by atoms with van der Waals surface area (Å²) in [7, 11) is -2.51. The van der Waals surface area contributed by atoms with E-state index in [1.165, 1.54) is 23.6 Å². The third kappa shape index (κ3) is 2.95. The summed E-state index contributed by atoms with van der Waals surface area (Å²) in [6.45, 7) is 2.37. The van der Waals surface area contributed by atoms with Crippen LogP contribution in [-0.2, 0) is 10.0 Å². The van der Waals surface area contributed by atoms with Gasteiger partial charge in [-0.1, -0.05) is 6.92 Å². The lowest BCUT2D eigenvalue weighted by Crippen LogP contribution is -2.56. The standard InChI is InChI=1S/C14H22FN3O2S/c1-11-5-7-14(10-16,8-6-11)18(2)21(19,20)13-12(15)4-3-9-17-13/h3-4,9,11H,5-8,10,16H2,1-2H3. The van der Waals surface area contributed by atoms with Gasteiger partial charge in [0.1, 0.15) is 0 Å². The second-order valence-corrected chi connectivity index (χ2v) is 7.76. The molecule has 1 aromatic rings. The Morgan fingerprint density at radius 1 is 1.48 bits per heavy atom. The summed E-state index contributed by atoms with van der Waals surface area (Å²) < 4.78 is 40.4. The van der Waals surface area contributed by atoms with E-state index in [4.69, 9.17) is 5.73 Å². The molecule has 1 aromatic heterocycles. The molecule has 2 N–H and O–H groups in total. The van der Waals surface area contributed by atoms with Crippen molar-refractivity contribution in [1.82, 2.24) is 9.29 Å². The van der Waals surface area contributed by atoms with Gasteiger partial charge in [-0.2, -0.15) is 4.31 Å². The largest absolute Gasteiger partial charge is 0.329 e. The van der Waals surface area contributed by atoms with Gasteiger partial charge in [0.05, 0.1) is 0 Å². The highest BCUT2D eigenvalue weighted by Gasteiger charge is 2.43. The molecule has 0 atom stereocenters. The maximum atomic E-state index is 13.8. The van der Waals surface area contributed by atoms with Crippen LogP contribution >= 0.6 is 0 Å². The quantitative estimate of drug-likeness (QED) is 0.918. The third-order valence-corrected chi connectivity index (χ3v) is 6.48. The highest BCUT2D eigenvalue weighted by Crippen LogP contribution is 2.37. The summed E-state index contributed by atoms with van der Waals surface area (Å²) in [5.74, 6) is -0.270. The summed E-state index contributed by atoms with van der Waals surface area (Å²) in [6.07, 6.45) is 4.50. The minimum atomic E-state index is -3.99. The normalized spacial score (nSPS) is 27.0. The van der Waals surface area contributed by atoms with Gasteiger partial charge < -0.3 is 5.73 Å². The molecule has 0 amide bonds. The smallest absolute Gasteiger partial charge is 0.263 e. The molecule has 0 aromatic carbocycles. The molecule has 0 bridgehead atoms. The molecular formula is C14H22FN3O2S. The Balaban J connectivity index is 2.37. The van der Waals surface area contributed by atoms with Crippen LogP contribution in [0.15, 0.2) is 23.4 Å². The van der Waals surface area contributed by atoms with Crippen LogP contribution in [0.5, 0.6) is 0 Å². The summed E-state index contributed by atoms with van der Waals surface area (Å²) in [6, 6.07) is 2.47. The van der Waals surface area contributed by atoms with Gasteiger partial charge in [-0.25, -0.2) is 17.8 Å². The molecule has 118 valence electrons. The Morgan fingerprint density at radius 2 is 2.10 bits per heavy atom. The van der Waals surface area contributed by atoms with Crippen LogP contribution in [0.1, 0.15) is 32.6 Å². The summed E-state index contributed by atoms with van der Waals surface area (Å²) in [5, 5.41) is -0.529. The molecule has 0 spiro atoms. The van der Waals surface area contributed by atoms with Crippen LogP contribution in [0, 0.1) is 11.7 Å². The molecule has 1 heterocycles. The van der Waals surface area contributed by atoms with E-state index in [9.17, 15) is 12.8 Å². The van der Waals surface area contributed by atoms with Crippen LogP contribution in [-0.4, -0.2) is 36.8 Å². The molecule has 2 rings (SSSR count). The lowest BCUT2D eigenvalue weighted by Gasteiger charge is -2.44. The number of aromatic nitrogens is 1. The molecule has 1 fully saturated rings. The minimum Gasteiger partial charge on any atom is -0.329 e. The molecule has 21 heavy (non-hydrogen) atoms. The number of likely N-dealkylation sites (N-methyl/N-ethyl adjacent to an activating group) is 1. The maximum absolute atomic E-state index is 13.8. The second kappa shape index (κ2) is 5.98. The fourth-order valence-corrected chi connectivity index (χ4v) is 4.43. The van der Waals surface area contributed by atoms with E-state index >= 15 is 0 Å². The molecular weight excluding hydrogens is 293 g/mol. The Labute approximate surface area is 125 Å². The zero-order chi connectivity index (χ0) is 15.7. The number of rotatable bonds is 4. The summed E-state index contributed by atoms with van der Waals surface area (Å²) in [4.78, 5) is 3.70. The molecule has 5 nitrogen and oxygen atoms in total.